The molecular formula is C11H17ClN2O. The maximum Gasteiger partial charge on any atom is 0.297 e. The molecule has 0 saturated heterocycles. The Bertz CT molecular complexity index is 309. The lowest BCUT2D eigenvalue weighted by molar-refractivity contribution is 0.313. The fraction of sp³-hybridized carbons (Fsp3) is 0.727. The SMILES string of the molecule is CCN(CC1CCC1)c1nc(CCl)co1. The van der Waals surface area contributed by atoms with Crippen molar-refractivity contribution in [2.75, 3.05) is 18.0 Å². The highest BCUT2D eigenvalue weighted by molar-refractivity contribution is 6.16. The van der Waals surface area contributed by atoms with E-state index in [0.29, 0.717) is 5.88 Å². The summed E-state index contributed by atoms with van der Waals surface area (Å²) < 4.78 is 5.41. The molecule has 1 saturated carbocycles. The van der Waals surface area contributed by atoms with Crippen molar-refractivity contribution in [3.63, 3.8) is 0 Å². The number of hydrogen-bond acceptors (Lipinski definition) is 3. The van der Waals surface area contributed by atoms with Crippen LogP contribution in [0.15, 0.2) is 10.7 Å². The normalized spacial score (nSPS) is 16.4. The number of hydrogen-bond donors (Lipinski definition) is 0. The summed E-state index contributed by atoms with van der Waals surface area (Å²) in [6.07, 6.45) is 5.71. The molecule has 1 aromatic rings. The van der Waals surface area contributed by atoms with Crippen LogP contribution in [-0.2, 0) is 5.88 Å². The molecule has 0 N–H and O–H groups in total. The molecule has 84 valence electrons. The number of nitrogens with zero attached hydrogens (tertiary/aromatic N) is 2. The standard InChI is InChI=1S/C11H17ClN2O/c1-2-14(7-9-4-3-5-9)11-13-10(6-12)8-15-11/h8-9H,2-7H2,1H3. The van der Waals surface area contributed by atoms with Gasteiger partial charge in [-0.1, -0.05) is 6.42 Å². The predicted octanol–water partition coefficient (Wildman–Crippen LogP) is 3.04. The van der Waals surface area contributed by atoms with Crippen LogP contribution in [0.2, 0.25) is 0 Å². The van der Waals surface area contributed by atoms with Crippen molar-refractivity contribution in [1.82, 2.24) is 4.98 Å². The lowest BCUT2D eigenvalue weighted by Gasteiger charge is -2.30. The Hall–Kier alpha value is -0.700. The molecule has 15 heavy (non-hydrogen) atoms. The molecule has 1 heterocycles. The lowest BCUT2D eigenvalue weighted by Crippen LogP contribution is -2.32. The maximum absolute atomic E-state index is 5.69. The second kappa shape index (κ2) is 4.88. The van der Waals surface area contributed by atoms with Crippen molar-refractivity contribution in [1.29, 1.82) is 0 Å². The monoisotopic (exact) mass is 228 g/mol. The fourth-order valence-corrected chi connectivity index (χ4v) is 1.96. The number of rotatable bonds is 5. The van der Waals surface area contributed by atoms with Gasteiger partial charge >= 0.3 is 0 Å². The highest BCUT2D eigenvalue weighted by Gasteiger charge is 2.22. The first kappa shape index (κ1) is 10.8. The summed E-state index contributed by atoms with van der Waals surface area (Å²) >= 11 is 5.69. The van der Waals surface area contributed by atoms with Gasteiger partial charge in [0.1, 0.15) is 6.26 Å². The van der Waals surface area contributed by atoms with Crippen molar-refractivity contribution < 1.29 is 4.42 Å². The summed E-state index contributed by atoms with van der Waals surface area (Å²) in [7, 11) is 0. The summed E-state index contributed by atoms with van der Waals surface area (Å²) in [6, 6.07) is 0.722. The Morgan fingerprint density at radius 3 is 2.87 bits per heavy atom. The van der Waals surface area contributed by atoms with E-state index in [4.69, 9.17) is 16.0 Å². The van der Waals surface area contributed by atoms with Crippen molar-refractivity contribution in [3.05, 3.63) is 12.0 Å². The molecular weight excluding hydrogens is 212 g/mol. The van der Waals surface area contributed by atoms with Gasteiger partial charge in [-0.15, -0.1) is 11.6 Å². The van der Waals surface area contributed by atoms with Crippen molar-refractivity contribution >= 4 is 17.6 Å². The molecule has 0 atom stereocenters. The van der Waals surface area contributed by atoms with Gasteiger partial charge < -0.3 is 9.32 Å². The van der Waals surface area contributed by atoms with E-state index in [2.05, 4.69) is 16.8 Å². The second-order valence-corrected chi connectivity index (χ2v) is 4.36. The molecule has 0 spiro atoms. The Morgan fingerprint density at radius 1 is 1.60 bits per heavy atom. The van der Waals surface area contributed by atoms with E-state index in [1.807, 2.05) is 0 Å². The first-order valence-corrected chi connectivity index (χ1v) is 6.12. The number of anilines is 1. The van der Waals surface area contributed by atoms with Crippen LogP contribution >= 0.6 is 11.6 Å². The molecule has 4 heteroatoms. The van der Waals surface area contributed by atoms with Crippen LogP contribution in [0.25, 0.3) is 0 Å². The van der Waals surface area contributed by atoms with Crippen LogP contribution in [0, 0.1) is 5.92 Å². The predicted molar refractivity (Wildman–Crippen MR) is 61.3 cm³/mol. The average molecular weight is 229 g/mol. The van der Waals surface area contributed by atoms with Crippen molar-refractivity contribution in [2.24, 2.45) is 5.92 Å². The number of alkyl halides is 1. The Balaban J connectivity index is 1.97. The number of aromatic nitrogens is 1. The third kappa shape index (κ3) is 2.46. The molecule has 0 aromatic carbocycles. The van der Waals surface area contributed by atoms with Crippen LogP contribution in [-0.4, -0.2) is 18.1 Å². The smallest absolute Gasteiger partial charge is 0.297 e. The van der Waals surface area contributed by atoms with Crippen LogP contribution in [0.4, 0.5) is 6.01 Å². The van der Waals surface area contributed by atoms with Gasteiger partial charge in [0.05, 0.1) is 11.6 Å². The summed E-state index contributed by atoms with van der Waals surface area (Å²) in [5.74, 6) is 1.25. The molecule has 0 radical (unpaired) electrons. The van der Waals surface area contributed by atoms with Crippen LogP contribution in [0.5, 0.6) is 0 Å². The van der Waals surface area contributed by atoms with Crippen molar-refractivity contribution in [3.8, 4) is 0 Å². The molecule has 1 fully saturated rings. The molecule has 0 aliphatic heterocycles. The zero-order chi connectivity index (χ0) is 10.7. The van der Waals surface area contributed by atoms with E-state index in [1.54, 1.807) is 6.26 Å². The second-order valence-electron chi connectivity index (χ2n) is 4.09. The molecule has 0 bridgehead atoms. The van der Waals surface area contributed by atoms with Crippen LogP contribution < -0.4 is 4.90 Å². The van der Waals surface area contributed by atoms with Crippen molar-refractivity contribution in [2.45, 2.75) is 32.1 Å². The Kier molecular flexibility index (Phi) is 3.52. The minimum atomic E-state index is 0.421. The zero-order valence-electron chi connectivity index (χ0n) is 9.08. The first-order chi connectivity index (χ1) is 7.33. The molecule has 1 aliphatic rings. The summed E-state index contributed by atoms with van der Waals surface area (Å²) in [6.45, 7) is 4.14. The molecule has 0 amide bonds. The highest BCUT2D eigenvalue weighted by atomic mass is 35.5. The first-order valence-electron chi connectivity index (χ1n) is 5.58. The number of halogens is 1. The maximum atomic E-state index is 5.69. The van der Waals surface area contributed by atoms with Gasteiger partial charge in [-0.25, -0.2) is 0 Å². The topological polar surface area (TPSA) is 29.3 Å². The van der Waals surface area contributed by atoms with E-state index < -0.39 is 0 Å². The van der Waals surface area contributed by atoms with Gasteiger partial charge in [0.25, 0.3) is 6.01 Å². The van der Waals surface area contributed by atoms with Gasteiger partial charge in [0.2, 0.25) is 0 Å². The molecule has 1 aromatic heterocycles. The Morgan fingerprint density at radius 2 is 2.40 bits per heavy atom. The fourth-order valence-electron chi connectivity index (χ4n) is 1.83. The molecule has 3 nitrogen and oxygen atoms in total. The summed E-state index contributed by atoms with van der Waals surface area (Å²) in [4.78, 5) is 6.53. The minimum Gasteiger partial charge on any atom is -0.432 e. The number of oxazole rings is 1. The van der Waals surface area contributed by atoms with Gasteiger partial charge in [-0.3, -0.25) is 0 Å². The van der Waals surface area contributed by atoms with Gasteiger partial charge in [-0.05, 0) is 25.7 Å². The van der Waals surface area contributed by atoms with E-state index in [9.17, 15) is 0 Å². The zero-order valence-corrected chi connectivity index (χ0v) is 9.83. The molecule has 2 rings (SSSR count). The van der Waals surface area contributed by atoms with E-state index in [1.165, 1.54) is 19.3 Å². The Labute approximate surface area is 95.4 Å². The third-order valence-electron chi connectivity index (χ3n) is 3.03. The lowest BCUT2D eigenvalue weighted by atomic mass is 9.85. The van der Waals surface area contributed by atoms with E-state index in [-0.39, 0.29) is 0 Å². The molecule has 0 unspecified atom stereocenters. The van der Waals surface area contributed by atoms with E-state index in [0.717, 1.165) is 30.7 Å². The van der Waals surface area contributed by atoms with Gasteiger partial charge in [-0.2, -0.15) is 4.98 Å². The minimum absolute atomic E-state index is 0.421. The molecule has 1 aliphatic carbocycles. The highest BCUT2D eigenvalue weighted by Crippen LogP contribution is 2.28. The van der Waals surface area contributed by atoms with E-state index >= 15 is 0 Å². The van der Waals surface area contributed by atoms with Gasteiger partial charge in [0, 0.05) is 13.1 Å². The summed E-state index contributed by atoms with van der Waals surface area (Å²) in [5.41, 5.74) is 0.818. The van der Waals surface area contributed by atoms with Crippen LogP contribution in [0.1, 0.15) is 31.9 Å². The van der Waals surface area contributed by atoms with Gasteiger partial charge in [0.15, 0.2) is 0 Å². The average Bonchev–Trinajstić information content (AvgIpc) is 2.65. The quantitative estimate of drug-likeness (QED) is 0.726. The largest absolute Gasteiger partial charge is 0.432 e. The summed E-state index contributed by atoms with van der Waals surface area (Å²) in [5, 5.41) is 0. The third-order valence-corrected chi connectivity index (χ3v) is 3.31. The van der Waals surface area contributed by atoms with Crippen LogP contribution in [0.3, 0.4) is 0 Å².